The number of ether oxygens (including phenoxy) is 1. The van der Waals surface area contributed by atoms with Gasteiger partial charge in [-0.2, -0.15) is 0 Å². The van der Waals surface area contributed by atoms with E-state index in [1.54, 1.807) is 0 Å². The average molecular weight is 303 g/mol. The number of benzene rings is 1. The highest BCUT2D eigenvalue weighted by Crippen LogP contribution is 2.22. The predicted octanol–water partition coefficient (Wildman–Crippen LogP) is 1.99. The minimum Gasteiger partial charge on any atom is -0.378 e. The molecular weight excluding hydrogens is 278 g/mol. The number of carbonyl (C=O) groups is 1. The zero-order valence-corrected chi connectivity index (χ0v) is 13.0. The van der Waals surface area contributed by atoms with Crippen LogP contribution in [0.1, 0.15) is 25.7 Å². The van der Waals surface area contributed by atoms with Crippen molar-refractivity contribution in [1.29, 1.82) is 0 Å². The van der Waals surface area contributed by atoms with Crippen LogP contribution in [0.2, 0.25) is 0 Å². The molecule has 1 aromatic carbocycles. The van der Waals surface area contributed by atoms with Crippen LogP contribution in [0.25, 0.3) is 0 Å². The van der Waals surface area contributed by atoms with Crippen molar-refractivity contribution in [3.8, 4) is 0 Å². The normalized spacial score (nSPS) is 22.9. The third-order valence-electron chi connectivity index (χ3n) is 4.32. The summed E-state index contributed by atoms with van der Waals surface area (Å²) in [5.74, 6) is -0.0206. The first kappa shape index (κ1) is 15.3. The number of hydrogen-bond acceptors (Lipinski definition) is 4. The molecule has 2 aliphatic rings. The van der Waals surface area contributed by atoms with Crippen molar-refractivity contribution >= 4 is 17.3 Å². The molecule has 5 nitrogen and oxygen atoms in total. The molecule has 22 heavy (non-hydrogen) atoms. The Bertz CT molecular complexity index is 492. The van der Waals surface area contributed by atoms with Crippen molar-refractivity contribution in [2.45, 2.75) is 31.7 Å². The van der Waals surface area contributed by atoms with Crippen LogP contribution >= 0.6 is 0 Å². The van der Waals surface area contributed by atoms with E-state index in [0.29, 0.717) is 13.2 Å². The van der Waals surface area contributed by atoms with Crippen LogP contribution in [-0.2, 0) is 9.53 Å². The van der Waals surface area contributed by atoms with E-state index in [4.69, 9.17) is 4.74 Å². The summed E-state index contributed by atoms with van der Waals surface area (Å²) in [6, 6.07) is 7.91. The number of amides is 1. The average Bonchev–Trinajstić information content (AvgIpc) is 2.85. The number of anilines is 2. The molecule has 0 aromatic heterocycles. The number of rotatable bonds is 3. The van der Waals surface area contributed by atoms with Gasteiger partial charge in [-0.15, -0.1) is 0 Å². The number of hydrogen-bond donors (Lipinski definition) is 2. The number of nitrogens with one attached hydrogen (secondary N) is 2. The Labute approximate surface area is 132 Å². The lowest BCUT2D eigenvalue weighted by Crippen LogP contribution is -2.48. The predicted molar refractivity (Wildman–Crippen MR) is 88.4 cm³/mol. The molecule has 2 aliphatic heterocycles. The Morgan fingerprint density at radius 2 is 2.05 bits per heavy atom. The Kier molecular flexibility index (Phi) is 5.29. The highest BCUT2D eigenvalue weighted by molar-refractivity contribution is 5.95. The van der Waals surface area contributed by atoms with Crippen LogP contribution in [0, 0.1) is 0 Å². The van der Waals surface area contributed by atoms with E-state index >= 15 is 0 Å². The zero-order valence-electron chi connectivity index (χ0n) is 13.0. The van der Waals surface area contributed by atoms with E-state index in [0.717, 1.165) is 25.3 Å². The van der Waals surface area contributed by atoms with E-state index in [1.165, 1.54) is 31.4 Å². The lowest BCUT2D eigenvalue weighted by Gasteiger charge is -2.25. The molecule has 2 N–H and O–H groups in total. The molecule has 1 atom stereocenters. The van der Waals surface area contributed by atoms with Gasteiger partial charge < -0.3 is 20.3 Å². The van der Waals surface area contributed by atoms with Gasteiger partial charge in [0.1, 0.15) is 6.04 Å². The van der Waals surface area contributed by atoms with Crippen LogP contribution in [-0.4, -0.2) is 44.8 Å². The van der Waals surface area contributed by atoms with Gasteiger partial charge in [-0.05, 0) is 31.0 Å². The number of morpholine rings is 1. The van der Waals surface area contributed by atoms with Crippen LogP contribution in [0.3, 0.4) is 0 Å². The van der Waals surface area contributed by atoms with Crippen molar-refractivity contribution in [2.24, 2.45) is 0 Å². The maximum absolute atomic E-state index is 12.2. The molecule has 0 saturated carbocycles. The molecule has 1 aromatic rings. The Hall–Kier alpha value is -1.59. The summed E-state index contributed by atoms with van der Waals surface area (Å²) in [6.07, 6.45) is 5.14. The van der Waals surface area contributed by atoms with Gasteiger partial charge in [0.25, 0.3) is 0 Å². The molecule has 0 aliphatic carbocycles. The minimum atomic E-state index is -0.254. The topological polar surface area (TPSA) is 53.6 Å². The summed E-state index contributed by atoms with van der Waals surface area (Å²) < 4.78 is 5.34. The summed E-state index contributed by atoms with van der Waals surface area (Å²) in [4.78, 5) is 14.7. The van der Waals surface area contributed by atoms with Crippen molar-refractivity contribution < 1.29 is 9.53 Å². The van der Waals surface area contributed by atoms with Gasteiger partial charge in [0.2, 0.25) is 5.91 Å². The van der Waals surface area contributed by atoms with Crippen LogP contribution in [0.4, 0.5) is 11.4 Å². The molecule has 3 rings (SSSR count). The summed E-state index contributed by atoms with van der Waals surface area (Å²) in [5.41, 5.74) is 2.06. The summed E-state index contributed by atoms with van der Waals surface area (Å²) >= 11 is 0. The largest absolute Gasteiger partial charge is 0.378 e. The Balaban J connectivity index is 1.64. The van der Waals surface area contributed by atoms with Gasteiger partial charge in [-0.3, -0.25) is 4.79 Å². The lowest BCUT2D eigenvalue weighted by molar-refractivity contribution is -0.120. The van der Waals surface area contributed by atoms with Gasteiger partial charge in [0.15, 0.2) is 0 Å². The van der Waals surface area contributed by atoms with Gasteiger partial charge in [-0.25, -0.2) is 0 Å². The van der Waals surface area contributed by atoms with Gasteiger partial charge in [0, 0.05) is 31.0 Å². The summed E-state index contributed by atoms with van der Waals surface area (Å²) in [5, 5.41) is 6.18. The first-order valence-corrected chi connectivity index (χ1v) is 8.30. The summed E-state index contributed by atoms with van der Waals surface area (Å²) in [7, 11) is 0. The molecule has 2 heterocycles. The molecule has 0 spiro atoms. The van der Waals surface area contributed by atoms with Gasteiger partial charge >= 0.3 is 0 Å². The maximum atomic E-state index is 12.2. The smallest absolute Gasteiger partial charge is 0.243 e. The van der Waals surface area contributed by atoms with E-state index in [2.05, 4.69) is 27.7 Å². The third kappa shape index (κ3) is 3.99. The highest BCUT2D eigenvalue weighted by atomic mass is 16.5. The van der Waals surface area contributed by atoms with Crippen LogP contribution in [0.5, 0.6) is 0 Å². The fraction of sp³-hybridized carbons (Fsp3) is 0.588. The monoisotopic (exact) mass is 303 g/mol. The van der Waals surface area contributed by atoms with Crippen molar-refractivity contribution in [2.75, 3.05) is 43.1 Å². The second-order valence-electron chi connectivity index (χ2n) is 6.02. The van der Waals surface area contributed by atoms with E-state index in [9.17, 15) is 4.79 Å². The van der Waals surface area contributed by atoms with E-state index < -0.39 is 0 Å². The first-order chi connectivity index (χ1) is 10.8. The molecule has 2 saturated heterocycles. The van der Waals surface area contributed by atoms with Gasteiger partial charge in [-0.1, -0.05) is 18.9 Å². The molecule has 0 bridgehead atoms. The van der Waals surface area contributed by atoms with Crippen LogP contribution < -0.4 is 15.5 Å². The molecule has 1 amide bonds. The number of nitrogens with zero attached hydrogens (tertiary/aromatic N) is 1. The highest BCUT2D eigenvalue weighted by Gasteiger charge is 2.21. The second kappa shape index (κ2) is 7.61. The SMILES string of the molecule is O=C(Nc1cccc(N2CCCCCC2)c1)C1COCCN1. The second-order valence-corrected chi connectivity index (χ2v) is 6.02. The zero-order chi connectivity index (χ0) is 15.2. The minimum absolute atomic E-state index is 0.0206. The first-order valence-electron chi connectivity index (χ1n) is 8.30. The molecule has 2 fully saturated rings. The van der Waals surface area contributed by atoms with E-state index in [1.807, 2.05) is 12.1 Å². The fourth-order valence-electron chi connectivity index (χ4n) is 3.07. The molecule has 1 unspecified atom stereocenters. The van der Waals surface area contributed by atoms with Crippen molar-refractivity contribution in [3.05, 3.63) is 24.3 Å². The maximum Gasteiger partial charge on any atom is 0.243 e. The van der Waals surface area contributed by atoms with Crippen molar-refractivity contribution in [1.82, 2.24) is 5.32 Å². The summed E-state index contributed by atoms with van der Waals surface area (Å²) in [6.45, 7) is 4.06. The Morgan fingerprint density at radius 1 is 1.23 bits per heavy atom. The quantitative estimate of drug-likeness (QED) is 0.897. The lowest BCUT2D eigenvalue weighted by atomic mass is 10.2. The number of carbonyl (C=O) groups excluding carboxylic acids is 1. The van der Waals surface area contributed by atoms with E-state index in [-0.39, 0.29) is 11.9 Å². The molecule has 120 valence electrons. The third-order valence-corrected chi connectivity index (χ3v) is 4.32. The Morgan fingerprint density at radius 3 is 2.77 bits per heavy atom. The van der Waals surface area contributed by atoms with Crippen LogP contribution in [0.15, 0.2) is 24.3 Å². The standard InChI is InChI=1S/C17H25N3O2/c21-17(16-13-22-11-8-18-16)19-14-6-5-7-15(12-14)20-9-3-1-2-4-10-20/h5-7,12,16,18H,1-4,8-11,13H2,(H,19,21). The fourth-order valence-corrected chi connectivity index (χ4v) is 3.07. The van der Waals surface area contributed by atoms with Crippen molar-refractivity contribution in [3.63, 3.8) is 0 Å². The molecule has 5 heteroatoms. The molecular formula is C17H25N3O2. The van der Waals surface area contributed by atoms with Gasteiger partial charge in [0.05, 0.1) is 13.2 Å². The molecule has 0 radical (unpaired) electrons.